The van der Waals surface area contributed by atoms with Gasteiger partial charge in [-0.1, -0.05) is 91.0 Å². The highest BCUT2D eigenvalue weighted by Gasteiger charge is 2.20. The lowest BCUT2D eigenvalue weighted by atomic mass is 10.0. The number of anilines is 1. The zero-order chi connectivity index (χ0) is 30.5. The second kappa shape index (κ2) is 12.6. The van der Waals surface area contributed by atoms with Crippen molar-refractivity contribution in [1.29, 1.82) is 0 Å². The SMILES string of the molecule is CN(Cc1ccccc1)Cc1ccc(N=C(c2ccccc2)c2c(O)[nH]c3ccc(NS(=O)(=O)c4ccccc4)cc23)cc1. The normalized spacial score (nSPS) is 12.1. The fourth-order valence-electron chi connectivity index (χ4n) is 5.22. The molecule has 0 fully saturated rings. The minimum atomic E-state index is -3.80. The molecule has 1 aromatic heterocycles. The van der Waals surface area contributed by atoms with Crippen molar-refractivity contribution in [3.8, 4) is 5.88 Å². The minimum absolute atomic E-state index is 0.0511. The lowest BCUT2D eigenvalue weighted by Gasteiger charge is -2.17. The summed E-state index contributed by atoms with van der Waals surface area (Å²) in [6, 6.07) is 41.4. The lowest BCUT2D eigenvalue weighted by molar-refractivity contribution is 0.319. The Morgan fingerprint density at radius 3 is 2.02 bits per heavy atom. The van der Waals surface area contributed by atoms with E-state index in [1.165, 1.54) is 5.56 Å². The number of nitrogens with one attached hydrogen (secondary N) is 2. The van der Waals surface area contributed by atoms with Gasteiger partial charge in [0.2, 0.25) is 0 Å². The van der Waals surface area contributed by atoms with Gasteiger partial charge in [0.05, 0.1) is 21.9 Å². The maximum atomic E-state index is 13.0. The maximum absolute atomic E-state index is 13.0. The Kier molecular flexibility index (Phi) is 8.27. The Morgan fingerprint density at radius 1 is 0.773 bits per heavy atom. The highest BCUT2D eigenvalue weighted by Crippen LogP contribution is 2.34. The van der Waals surface area contributed by atoms with Crippen molar-refractivity contribution in [2.24, 2.45) is 4.99 Å². The van der Waals surface area contributed by atoms with Crippen LogP contribution in [0.4, 0.5) is 11.4 Å². The van der Waals surface area contributed by atoms with Gasteiger partial charge in [-0.05, 0) is 60.6 Å². The topological polar surface area (TPSA) is 97.8 Å². The molecule has 0 amide bonds. The number of fused-ring (bicyclic) bond motifs is 1. The third-order valence-corrected chi connectivity index (χ3v) is 8.69. The van der Waals surface area contributed by atoms with Gasteiger partial charge in [-0.2, -0.15) is 0 Å². The van der Waals surface area contributed by atoms with Crippen LogP contribution in [0.1, 0.15) is 22.3 Å². The van der Waals surface area contributed by atoms with Crippen LogP contribution in [-0.4, -0.2) is 36.2 Å². The molecule has 0 bridgehead atoms. The van der Waals surface area contributed by atoms with Crippen molar-refractivity contribution < 1.29 is 13.5 Å². The Balaban J connectivity index is 1.33. The summed E-state index contributed by atoms with van der Waals surface area (Å²) in [5.41, 5.74) is 6.04. The summed E-state index contributed by atoms with van der Waals surface area (Å²) in [7, 11) is -1.70. The lowest BCUT2D eigenvalue weighted by Crippen LogP contribution is -2.17. The first-order valence-electron chi connectivity index (χ1n) is 14.2. The van der Waals surface area contributed by atoms with Gasteiger partial charge in [0.25, 0.3) is 10.0 Å². The van der Waals surface area contributed by atoms with Gasteiger partial charge in [-0.15, -0.1) is 0 Å². The van der Waals surface area contributed by atoms with Gasteiger partial charge in [0, 0.05) is 35.2 Å². The molecule has 0 saturated heterocycles. The molecule has 44 heavy (non-hydrogen) atoms. The number of benzene rings is 5. The van der Waals surface area contributed by atoms with E-state index in [1.807, 2.05) is 48.5 Å². The molecule has 6 rings (SSSR count). The number of H-pyrrole nitrogens is 1. The zero-order valence-corrected chi connectivity index (χ0v) is 25.0. The zero-order valence-electron chi connectivity index (χ0n) is 24.2. The molecule has 0 aliphatic rings. The van der Waals surface area contributed by atoms with Crippen molar-refractivity contribution in [1.82, 2.24) is 9.88 Å². The van der Waals surface area contributed by atoms with Crippen LogP contribution in [0.15, 0.2) is 143 Å². The standard InChI is InChI=1S/C36H32N4O3S/c1-40(24-26-11-5-2-6-12-26)25-27-17-19-29(20-18-27)37-35(28-13-7-3-8-14-28)34-32-23-30(21-22-33(32)38-36(34)41)39-44(42,43)31-15-9-4-10-16-31/h2-23,38-39,41H,24-25H2,1H3. The number of sulfonamides is 1. The molecule has 7 nitrogen and oxygen atoms in total. The average molecular weight is 601 g/mol. The fraction of sp³-hybridized carbons (Fsp3) is 0.0833. The second-order valence-corrected chi connectivity index (χ2v) is 12.4. The van der Waals surface area contributed by atoms with Gasteiger partial charge in [-0.25, -0.2) is 13.4 Å². The fourth-order valence-corrected chi connectivity index (χ4v) is 6.29. The molecule has 6 aromatic rings. The predicted molar refractivity (Wildman–Crippen MR) is 177 cm³/mol. The second-order valence-electron chi connectivity index (χ2n) is 10.7. The summed E-state index contributed by atoms with van der Waals surface area (Å²) in [5, 5.41) is 11.8. The first-order valence-corrected chi connectivity index (χ1v) is 15.7. The van der Waals surface area contributed by atoms with Gasteiger partial charge < -0.3 is 10.1 Å². The van der Waals surface area contributed by atoms with E-state index in [9.17, 15) is 13.5 Å². The molecule has 0 aliphatic carbocycles. The molecule has 0 atom stereocenters. The molecule has 0 aliphatic heterocycles. The monoisotopic (exact) mass is 600 g/mol. The number of rotatable bonds is 10. The largest absolute Gasteiger partial charge is 0.494 e. The molecule has 0 radical (unpaired) electrons. The van der Waals surface area contributed by atoms with Crippen LogP contribution >= 0.6 is 0 Å². The third-order valence-electron chi connectivity index (χ3n) is 7.29. The highest BCUT2D eigenvalue weighted by molar-refractivity contribution is 7.92. The van der Waals surface area contributed by atoms with Crippen molar-refractivity contribution in [3.05, 3.63) is 156 Å². The summed E-state index contributed by atoms with van der Waals surface area (Å²) < 4.78 is 28.7. The van der Waals surface area contributed by atoms with Crippen molar-refractivity contribution >= 4 is 38.0 Å². The Morgan fingerprint density at radius 2 is 1.36 bits per heavy atom. The molecule has 220 valence electrons. The van der Waals surface area contributed by atoms with Gasteiger partial charge in [-0.3, -0.25) is 9.62 Å². The van der Waals surface area contributed by atoms with E-state index in [0.29, 0.717) is 27.9 Å². The van der Waals surface area contributed by atoms with E-state index in [0.717, 1.165) is 29.9 Å². The molecule has 3 N–H and O–H groups in total. The average Bonchev–Trinajstić information content (AvgIpc) is 3.36. The maximum Gasteiger partial charge on any atom is 0.261 e. The third kappa shape index (κ3) is 6.57. The molecule has 0 spiro atoms. The van der Waals surface area contributed by atoms with Crippen LogP contribution < -0.4 is 4.72 Å². The van der Waals surface area contributed by atoms with Crippen molar-refractivity contribution in [2.45, 2.75) is 18.0 Å². The molecular weight excluding hydrogens is 568 g/mol. The predicted octanol–water partition coefficient (Wildman–Crippen LogP) is 7.48. The first-order chi connectivity index (χ1) is 21.4. The number of aromatic amines is 1. The van der Waals surface area contributed by atoms with Gasteiger partial charge >= 0.3 is 0 Å². The summed E-state index contributed by atoms with van der Waals surface area (Å²) in [6.45, 7) is 1.64. The number of aromatic nitrogens is 1. The molecule has 8 heteroatoms. The van der Waals surface area contributed by atoms with Gasteiger partial charge in [0.1, 0.15) is 0 Å². The van der Waals surface area contributed by atoms with E-state index < -0.39 is 10.0 Å². The first kappa shape index (κ1) is 28.9. The minimum Gasteiger partial charge on any atom is -0.494 e. The quantitative estimate of drug-likeness (QED) is 0.142. The van der Waals surface area contributed by atoms with Crippen molar-refractivity contribution in [2.75, 3.05) is 11.8 Å². The number of hydrogen-bond acceptors (Lipinski definition) is 5. The van der Waals surface area contributed by atoms with Crippen LogP contribution in [0, 0.1) is 0 Å². The Bertz CT molecular complexity index is 2010. The summed E-state index contributed by atoms with van der Waals surface area (Å²) >= 11 is 0. The van der Waals surface area contributed by atoms with E-state index >= 15 is 0 Å². The van der Waals surface area contributed by atoms with Gasteiger partial charge in [0.15, 0.2) is 5.88 Å². The van der Waals surface area contributed by atoms with Crippen molar-refractivity contribution in [3.63, 3.8) is 0 Å². The van der Waals surface area contributed by atoms with E-state index in [-0.39, 0.29) is 10.8 Å². The number of hydrogen-bond donors (Lipinski definition) is 3. The van der Waals surface area contributed by atoms with Crippen LogP contribution in [0.25, 0.3) is 10.9 Å². The number of aromatic hydroxyl groups is 1. The van der Waals surface area contributed by atoms with Crippen LogP contribution in [0.3, 0.4) is 0 Å². The number of nitrogens with zero attached hydrogens (tertiary/aromatic N) is 2. The summed E-state index contributed by atoms with van der Waals surface area (Å²) in [6.07, 6.45) is 0. The van der Waals surface area contributed by atoms with Crippen LogP contribution in [0.5, 0.6) is 5.88 Å². The smallest absolute Gasteiger partial charge is 0.261 e. The Labute approximate surface area is 257 Å². The number of aliphatic imine (C=N–C) groups is 1. The molecule has 5 aromatic carbocycles. The van der Waals surface area contributed by atoms with Crippen LogP contribution in [0.2, 0.25) is 0 Å². The molecule has 0 saturated carbocycles. The van der Waals surface area contributed by atoms with Crippen LogP contribution in [-0.2, 0) is 23.1 Å². The van der Waals surface area contributed by atoms with E-state index in [4.69, 9.17) is 4.99 Å². The molecule has 1 heterocycles. The highest BCUT2D eigenvalue weighted by atomic mass is 32.2. The van der Waals surface area contributed by atoms with E-state index in [2.05, 4.69) is 58.1 Å². The summed E-state index contributed by atoms with van der Waals surface area (Å²) in [4.78, 5) is 10.5. The molecule has 0 unspecified atom stereocenters. The molecular formula is C36H32N4O3S. The Hall–Kier alpha value is -5.18. The summed E-state index contributed by atoms with van der Waals surface area (Å²) in [5.74, 6) is -0.0511. The van der Waals surface area contributed by atoms with E-state index in [1.54, 1.807) is 48.5 Å².